The van der Waals surface area contributed by atoms with Crippen LogP contribution in [0.2, 0.25) is 0 Å². The SMILES string of the molecule is COc1[c]cccc1N(C)C. The van der Waals surface area contributed by atoms with E-state index in [1.54, 1.807) is 7.11 Å². The number of benzene rings is 1. The molecule has 2 nitrogen and oxygen atoms in total. The number of anilines is 1. The molecule has 0 saturated heterocycles. The van der Waals surface area contributed by atoms with Gasteiger partial charge < -0.3 is 9.64 Å². The maximum absolute atomic E-state index is 5.11. The normalized spacial score (nSPS) is 9.36. The maximum atomic E-state index is 5.11. The van der Waals surface area contributed by atoms with Gasteiger partial charge in [-0.15, -0.1) is 0 Å². The van der Waals surface area contributed by atoms with Gasteiger partial charge in [0.15, 0.2) is 0 Å². The zero-order chi connectivity index (χ0) is 8.27. The summed E-state index contributed by atoms with van der Waals surface area (Å²) in [6.07, 6.45) is 0. The Morgan fingerprint density at radius 2 is 2.18 bits per heavy atom. The van der Waals surface area contributed by atoms with Crippen LogP contribution in [-0.4, -0.2) is 21.2 Å². The van der Waals surface area contributed by atoms with Gasteiger partial charge >= 0.3 is 0 Å². The van der Waals surface area contributed by atoms with Crippen molar-refractivity contribution in [1.29, 1.82) is 0 Å². The number of hydrogen-bond acceptors (Lipinski definition) is 2. The fraction of sp³-hybridized carbons (Fsp3) is 0.333. The first kappa shape index (κ1) is 7.92. The molecule has 0 fully saturated rings. The van der Waals surface area contributed by atoms with Gasteiger partial charge in [-0.25, -0.2) is 0 Å². The second kappa shape index (κ2) is 3.28. The minimum absolute atomic E-state index is 0.789. The molecular formula is C9H12NO. The Morgan fingerprint density at radius 1 is 1.45 bits per heavy atom. The first-order valence-corrected chi connectivity index (χ1v) is 3.47. The molecule has 0 aliphatic rings. The van der Waals surface area contributed by atoms with E-state index in [2.05, 4.69) is 6.07 Å². The third-order valence-electron chi connectivity index (χ3n) is 1.48. The van der Waals surface area contributed by atoms with E-state index < -0.39 is 0 Å². The van der Waals surface area contributed by atoms with Crippen LogP contribution in [0.4, 0.5) is 5.69 Å². The molecule has 2 heteroatoms. The van der Waals surface area contributed by atoms with Gasteiger partial charge in [0.25, 0.3) is 0 Å². The quantitative estimate of drug-likeness (QED) is 0.634. The van der Waals surface area contributed by atoms with E-state index in [-0.39, 0.29) is 0 Å². The van der Waals surface area contributed by atoms with Crippen LogP contribution in [0.1, 0.15) is 0 Å². The van der Waals surface area contributed by atoms with Crippen LogP contribution in [0, 0.1) is 6.07 Å². The average Bonchev–Trinajstić information content (AvgIpc) is 2.04. The highest BCUT2D eigenvalue weighted by molar-refractivity contribution is 5.56. The van der Waals surface area contributed by atoms with Crippen LogP contribution in [0.5, 0.6) is 5.75 Å². The van der Waals surface area contributed by atoms with Crippen molar-refractivity contribution in [2.75, 3.05) is 26.1 Å². The van der Waals surface area contributed by atoms with E-state index in [4.69, 9.17) is 4.74 Å². The molecule has 0 spiro atoms. The Morgan fingerprint density at radius 3 is 2.64 bits per heavy atom. The third kappa shape index (κ3) is 1.64. The van der Waals surface area contributed by atoms with E-state index >= 15 is 0 Å². The molecule has 0 aliphatic carbocycles. The summed E-state index contributed by atoms with van der Waals surface area (Å²) in [6, 6.07) is 8.78. The molecule has 1 aromatic carbocycles. The predicted octanol–water partition coefficient (Wildman–Crippen LogP) is 1.56. The second-order valence-corrected chi connectivity index (χ2v) is 2.48. The van der Waals surface area contributed by atoms with Crippen LogP contribution in [-0.2, 0) is 0 Å². The Kier molecular flexibility index (Phi) is 2.36. The van der Waals surface area contributed by atoms with Crippen molar-refractivity contribution in [1.82, 2.24) is 0 Å². The summed E-state index contributed by atoms with van der Waals surface area (Å²) in [4.78, 5) is 2.00. The monoisotopic (exact) mass is 150 g/mol. The molecule has 0 amide bonds. The lowest BCUT2D eigenvalue weighted by atomic mass is 10.3. The van der Waals surface area contributed by atoms with Gasteiger partial charge in [0.2, 0.25) is 0 Å². The number of ether oxygens (including phenoxy) is 1. The van der Waals surface area contributed by atoms with Crippen molar-refractivity contribution in [2.45, 2.75) is 0 Å². The lowest BCUT2D eigenvalue weighted by Crippen LogP contribution is -2.09. The predicted molar refractivity (Wildman–Crippen MR) is 46.2 cm³/mol. The van der Waals surface area contributed by atoms with E-state index in [1.165, 1.54) is 0 Å². The van der Waals surface area contributed by atoms with E-state index in [0.717, 1.165) is 11.4 Å². The zero-order valence-electron chi connectivity index (χ0n) is 7.09. The van der Waals surface area contributed by atoms with Gasteiger partial charge in [-0.3, -0.25) is 0 Å². The molecule has 59 valence electrons. The first-order valence-electron chi connectivity index (χ1n) is 3.47. The molecule has 1 rings (SSSR count). The van der Waals surface area contributed by atoms with Crippen LogP contribution in [0.15, 0.2) is 18.2 Å². The summed E-state index contributed by atoms with van der Waals surface area (Å²) in [7, 11) is 5.61. The minimum Gasteiger partial charge on any atom is -0.494 e. The number of rotatable bonds is 2. The Labute approximate surface area is 67.4 Å². The number of nitrogens with zero attached hydrogens (tertiary/aromatic N) is 1. The summed E-state index contributed by atoms with van der Waals surface area (Å²) in [5.74, 6) is 0.789. The number of methoxy groups -OCH3 is 1. The highest BCUT2D eigenvalue weighted by atomic mass is 16.5. The van der Waals surface area contributed by atoms with Gasteiger partial charge in [0.1, 0.15) is 5.75 Å². The van der Waals surface area contributed by atoms with Gasteiger partial charge in [-0.2, -0.15) is 0 Å². The van der Waals surface area contributed by atoms with Gasteiger partial charge in [-0.1, -0.05) is 12.1 Å². The van der Waals surface area contributed by atoms with Crippen LogP contribution in [0.25, 0.3) is 0 Å². The Balaban J connectivity index is 3.02. The molecule has 0 saturated carbocycles. The van der Waals surface area contributed by atoms with Crippen LogP contribution < -0.4 is 9.64 Å². The van der Waals surface area contributed by atoms with Crippen molar-refractivity contribution in [3.8, 4) is 5.75 Å². The smallest absolute Gasteiger partial charge is 0.150 e. The summed E-state index contributed by atoms with van der Waals surface area (Å²) in [5, 5.41) is 0. The highest BCUT2D eigenvalue weighted by Gasteiger charge is 2.01. The number of para-hydroxylation sites is 1. The zero-order valence-corrected chi connectivity index (χ0v) is 7.09. The van der Waals surface area contributed by atoms with E-state index in [0.29, 0.717) is 0 Å². The van der Waals surface area contributed by atoms with Gasteiger partial charge in [0, 0.05) is 20.2 Å². The van der Waals surface area contributed by atoms with E-state index in [1.807, 2.05) is 37.2 Å². The fourth-order valence-electron chi connectivity index (χ4n) is 0.928. The van der Waals surface area contributed by atoms with Crippen molar-refractivity contribution in [3.05, 3.63) is 24.3 Å². The minimum atomic E-state index is 0.789. The van der Waals surface area contributed by atoms with Crippen molar-refractivity contribution in [3.63, 3.8) is 0 Å². The molecule has 1 aromatic rings. The van der Waals surface area contributed by atoms with Gasteiger partial charge in [-0.05, 0) is 6.07 Å². The Hall–Kier alpha value is -1.18. The third-order valence-corrected chi connectivity index (χ3v) is 1.48. The lowest BCUT2D eigenvalue weighted by Gasteiger charge is -2.15. The summed E-state index contributed by atoms with van der Waals surface area (Å²) >= 11 is 0. The Bertz CT molecular complexity index is 233. The summed E-state index contributed by atoms with van der Waals surface area (Å²) < 4.78 is 5.11. The highest BCUT2D eigenvalue weighted by Crippen LogP contribution is 2.24. The second-order valence-electron chi connectivity index (χ2n) is 2.48. The van der Waals surface area contributed by atoms with Crippen molar-refractivity contribution in [2.24, 2.45) is 0 Å². The number of hydrogen-bond donors (Lipinski definition) is 0. The van der Waals surface area contributed by atoms with Crippen molar-refractivity contribution < 1.29 is 4.74 Å². The lowest BCUT2D eigenvalue weighted by molar-refractivity contribution is 0.414. The molecule has 0 aliphatic heterocycles. The van der Waals surface area contributed by atoms with Crippen LogP contribution in [0.3, 0.4) is 0 Å². The van der Waals surface area contributed by atoms with Crippen LogP contribution >= 0.6 is 0 Å². The molecule has 0 heterocycles. The summed E-state index contributed by atoms with van der Waals surface area (Å²) in [6.45, 7) is 0. The van der Waals surface area contributed by atoms with E-state index in [9.17, 15) is 0 Å². The molecular weight excluding hydrogens is 138 g/mol. The average molecular weight is 150 g/mol. The molecule has 0 N–H and O–H groups in total. The fourth-order valence-corrected chi connectivity index (χ4v) is 0.928. The van der Waals surface area contributed by atoms with Crippen molar-refractivity contribution >= 4 is 5.69 Å². The first-order chi connectivity index (χ1) is 5.25. The topological polar surface area (TPSA) is 12.5 Å². The largest absolute Gasteiger partial charge is 0.494 e. The maximum Gasteiger partial charge on any atom is 0.150 e. The molecule has 0 atom stereocenters. The standard InChI is InChI=1S/C9H12NO/c1-10(2)8-6-4-5-7-9(8)11-3/h4-6H,1-3H3. The molecule has 0 aromatic heterocycles. The molecule has 11 heavy (non-hydrogen) atoms. The molecule has 0 bridgehead atoms. The van der Waals surface area contributed by atoms with Gasteiger partial charge in [0.05, 0.1) is 12.8 Å². The molecule has 0 unspecified atom stereocenters. The molecule has 1 radical (unpaired) electrons. The summed E-state index contributed by atoms with van der Waals surface area (Å²) in [5.41, 5.74) is 1.05.